The third-order valence-electron chi connectivity index (χ3n) is 5.05. The van der Waals surface area contributed by atoms with Gasteiger partial charge in [-0.1, -0.05) is 11.6 Å². The third kappa shape index (κ3) is 4.96. The van der Waals surface area contributed by atoms with Crippen LogP contribution in [0.2, 0.25) is 5.02 Å². The molecule has 1 unspecified atom stereocenters. The monoisotopic (exact) mass is 394 g/mol. The molecule has 1 aromatic carbocycles. The molecule has 148 valence electrons. The van der Waals surface area contributed by atoms with Crippen LogP contribution in [0.3, 0.4) is 0 Å². The third-order valence-corrected chi connectivity index (χ3v) is 5.40. The van der Waals surface area contributed by atoms with Crippen molar-refractivity contribution in [2.24, 2.45) is 0 Å². The minimum absolute atomic E-state index is 0.0444. The normalized spacial score (nSPS) is 18.7. The van der Waals surface area contributed by atoms with Gasteiger partial charge >= 0.3 is 0 Å². The highest BCUT2D eigenvalue weighted by atomic mass is 35.5. The molecule has 6 nitrogen and oxygen atoms in total. The summed E-state index contributed by atoms with van der Waals surface area (Å²) >= 11 is 6.31. The zero-order valence-corrected chi connectivity index (χ0v) is 16.6. The summed E-state index contributed by atoms with van der Waals surface area (Å²) < 4.78 is 10.9. The van der Waals surface area contributed by atoms with Crippen LogP contribution in [0.5, 0.6) is 11.5 Å². The Morgan fingerprint density at radius 2 is 2.07 bits per heavy atom. The first kappa shape index (κ1) is 20.0. The minimum atomic E-state index is 0.0444. The Labute approximate surface area is 164 Å². The highest BCUT2D eigenvalue weighted by Gasteiger charge is 2.28. The maximum absolute atomic E-state index is 9.84. The number of aryl methyl sites for hydroxylation is 1. The molecular formula is C20H27ClN2O4. The second-order valence-electron chi connectivity index (χ2n) is 7.00. The smallest absolute Gasteiger partial charge is 0.160 e. The lowest BCUT2D eigenvalue weighted by Gasteiger charge is -2.41. The second kappa shape index (κ2) is 8.97. The molecular weight excluding hydrogens is 368 g/mol. The van der Waals surface area contributed by atoms with Gasteiger partial charge in [-0.3, -0.25) is 9.80 Å². The van der Waals surface area contributed by atoms with E-state index in [0.29, 0.717) is 23.7 Å². The summed E-state index contributed by atoms with van der Waals surface area (Å²) in [7, 11) is 1.53. The first-order valence-corrected chi connectivity index (χ1v) is 9.56. The van der Waals surface area contributed by atoms with Crippen LogP contribution >= 0.6 is 11.6 Å². The number of hydrogen-bond acceptors (Lipinski definition) is 6. The Hall–Kier alpha value is -1.73. The van der Waals surface area contributed by atoms with Gasteiger partial charge in [0.1, 0.15) is 11.5 Å². The van der Waals surface area contributed by atoms with Gasteiger partial charge in [-0.15, -0.1) is 0 Å². The van der Waals surface area contributed by atoms with Crippen LogP contribution in [0.15, 0.2) is 28.7 Å². The molecule has 0 aliphatic carbocycles. The van der Waals surface area contributed by atoms with E-state index in [1.54, 1.807) is 6.07 Å². The van der Waals surface area contributed by atoms with Crippen molar-refractivity contribution in [1.82, 2.24) is 9.80 Å². The van der Waals surface area contributed by atoms with Gasteiger partial charge in [0.05, 0.1) is 13.7 Å². The number of aromatic hydroxyl groups is 1. The Balaban J connectivity index is 1.67. The van der Waals surface area contributed by atoms with E-state index in [1.807, 2.05) is 19.1 Å². The van der Waals surface area contributed by atoms with Gasteiger partial charge < -0.3 is 19.4 Å². The van der Waals surface area contributed by atoms with Gasteiger partial charge in [0.15, 0.2) is 11.5 Å². The van der Waals surface area contributed by atoms with Crippen molar-refractivity contribution >= 4 is 11.6 Å². The number of benzene rings is 1. The number of halogens is 1. The Morgan fingerprint density at radius 3 is 2.74 bits per heavy atom. The van der Waals surface area contributed by atoms with E-state index in [0.717, 1.165) is 43.3 Å². The lowest BCUT2D eigenvalue weighted by atomic mass is 10.1. The maximum atomic E-state index is 9.84. The summed E-state index contributed by atoms with van der Waals surface area (Å²) in [5.74, 6) is 2.34. The van der Waals surface area contributed by atoms with Crippen molar-refractivity contribution in [2.75, 3.05) is 33.4 Å². The van der Waals surface area contributed by atoms with E-state index >= 15 is 0 Å². The fourth-order valence-electron chi connectivity index (χ4n) is 3.61. The van der Waals surface area contributed by atoms with Gasteiger partial charge in [-0.05, 0) is 37.1 Å². The maximum Gasteiger partial charge on any atom is 0.160 e. The van der Waals surface area contributed by atoms with Crippen LogP contribution in [-0.2, 0) is 13.1 Å². The fourth-order valence-corrected chi connectivity index (χ4v) is 3.83. The first-order chi connectivity index (χ1) is 13.0. The van der Waals surface area contributed by atoms with Gasteiger partial charge in [0.2, 0.25) is 0 Å². The summed E-state index contributed by atoms with van der Waals surface area (Å²) in [6.45, 7) is 6.13. The van der Waals surface area contributed by atoms with Gasteiger partial charge in [-0.2, -0.15) is 0 Å². The predicted molar refractivity (Wildman–Crippen MR) is 104 cm³/mol. The predicted octanol–water partition coefficient (Wildman–Crippen LogP) is 3.02. The summed E-state index contributed by atoms with van der Waals surface area (Å²) in [6.07, 6.45) is 0.711. The first-order valence-electron chi connectivity index (χ1n) is 9.18. The number of methoxy groups -OCH3 is 1. The zero-order valence-electron chi connectivity index (χ0n) is 15.8. The van der Waals surface area contributed by atoms with E-state index in [-0.39, 0.29) is 18.4 Å². The van der Waals surface area contributed by atoms with Crippen LogP contribution < -0.4 is 4.74 Å². The van der Waals surface area contributed by atoms with Crippen molar-refractivity contribution in [1.29, 1.82) is 0 Å². The second-order valence-corrected chi connectivity index (χ2v) is 7.41. The van der Waals surface area contributed by atoms with E-state index in [1.165, 1.54) is 13.2 Å². The molecule has 2 heterocycles. The van der Waals surface area contributed by atoms with Crippen LogP contribution in [0.1, 0.15) is 23.5 Å². The zero-order chi connectivity index (χ0) is 19.4. The molecule has 3 rings (SSSR count). The van der Waals surface area contributed by atoms with Gasteiger partial charge in [0.25, 0.3) is 0 Å². The van der Waals surface area contributed by atoms with Crippen LogP contribution in [-0.4, -0.2) is 59.4 Å². The molecule has 1 aliphatic heterocycles. The average molecular weight is 395 g/mol. The molecule has 1 fully saturated rings. The van der Waals surface area contributed by atoms with Gasteiger partial charge in [0, 0.05) is 49.9 Å². The van der Waals surface area contributed by atoms with E-state index < -0.39 is 0 Å². The Kier molecular flexibility index (Phi) is 6.65. The summed E-state index contributed by atoms with van der Waals surface area (Å²) in [5.41, 5.74) is 0.921. The molecule has 1 saturated heterocycles. The Morgan fingerprint density at radius 1 is 1.26 bits per heavy atom. The van der Waals surface area contributed by atoms with E-state index in [9.17, 15) is 10.2 Å². The number of hydrogen-bond donors (Lipinski definition) is 2. The van der Waals surface area contributed by atoms with Crippen molar-refractivity contribution in [3.8, 4) is 11.5 Å². The topological polar surface area (TPSA) is 69.3 Å². The quantitative estimate of drug-likeness (QED) is 0.752. The number of nitrogens with zero attached hydrogens (tertiary/aromatic N) is 2. The number of ether oxygens (including phenoxy) is 1. The molecule has 1 atom stereocenters. The molecule has 0 amide bonds. The summed E-state index contributed by atoms with van der Waals surface area (Å²) in [4.78, 5) is 4.69. The minimum Gasteiger partial charge on any atom is -0.504 e. The fraction of sp³-hybridized carbons (Fsp3) is 0.500. The summed E-state index contributed by atoms with van der Waals surface area (Å²) in [5, 5.41) is 19.9. The highest BCUT2D eigenvalue weighted by molar-refractivity contribution is 6.31. The van der Waals surface area contributed by atoms with Crippen molar-refractivity contribution in [2.45, 2.75) is 32.5 Å². The highest BCUT2D eigenvalue weighted by Crippen LogP contribution is 2.33. The van der Waals surface area contributed by atoms with Crippen molar-refractivity contribution in [3.63, 3.8) is 0 Å². The molecule has 2 aromatic rings. The van der Waals surface area contributed by atoms with Crippen LogP contribution in [0, 0.1) is 6.92 Å². The number of rotatable bonds is 7. The molecule has 1 aliphatic rings. The molecule has 0 saturated carbocycles. The molecule has 0 spiro atoms. The average Bonchev–Trinajstić information content (AvgIpc) is 3.04. The molecule has 7 heteroatoms. The van der Waals surface area contributed by atoms with Crippen molar-refractivity contribution in [3.05, 3.63) is 46.4 Å². The molecule has 2 N–H and O–H groups in total. The standard InChI is InChI=1S/C20H27ClN2O4/c1-14-3-4-17(27-14)13-23-7-6-22(12-16(23)5-8-24)11-15-9-20(26-2)19(25)10-18(15)21/h3-4,9-10,16,24-25H,5-8,11-13H2,1-2H3. The van der Waals surface area contributed by atoms with E-state index in [2.05, 4.69) is 9.80 Å². The number of aliphatic hydroxyl groups excluding tert-OH is 1. The van der Waals surface area contributed by atoms with Crippen LogP contribution in [0.25, 0.3) is 0 Å². The number of furan rings is 1. The lowest BCUT2D eigenvalue weighted by molar-refractivity contribution is 0.0454. The van der Waals surface area contributed by atoms with Gasteiger partial charge in [-0.25, -0.2) is 0 Å². The SMILES string of the molecule is COc1cc(CN2CCN(Cc3ccc(C)o3)C(CCO)C2)c(Cl)cc1O. The lowest BCUT2D eigenvalue weighted by Crippen LogP contribution is -2.52. The van der Waals surface area contributed by atoms with E-state index in [4.69, 9.17) is 20.8 Å². The number of piperazine rings is 1. The summed E-state index contributed by atoms with van der Waals surface area (Å²) in [6, 6.07) is 7.55. The van der Waals surface area contributed by atoms with Crippen LogP contribution in [0.4, 0.5) is 0 Å². The number of phenols is 1. The van der Waals surface area contributed by atoms with Crippen molar-refractivity contribution < 1.29 is 19.4 Å². The molecule has 0 bridgehead atoms. The number of aliphatic hydroxyl groups is 1. The largest absolute Gasteiger partial charge is 0.504 e. The Bertz CT molecular complexity index is 764. The molecule has 1 aromatic heterocycles. The molecule has 27 heavy (non-hydrogen) atoms. The molecule has 0 radical (unpaired) electrons. The number of phenolic OH excluding ortho intramolecular Hbond substituents is 1.